The molecular formula is C21H25N3O4. The van der Waals surface area contributed by atoms with Crippen molar-refractivity contribution < 1.29 is 19.1 Å². The number of ether oxygens (including phenoxy) is 1. The van der Waals surface area contributed by atoms with Crippen LogP contribution in [-0.2, 0) is 9.59 Å². The molecule has 2 aromatic rings. The molecule has 1 atom stereocenters. The van der Waals surface area contributed by atoms with E-state index >= 15 is 0 Å². The van der Waals surface area contributed by atoms with E-state index in [-0.39, 0.29) is 11.8 Å². The molecular weight excluding hydrogens is 358 g/mol. The molecule has 0 aliphatic rings. The van der Waals surface area contributed by atoms with Crippen molar-refractivity contribution in [3.05, 3.63) is 59.7 Å². The molecule has 0 aliphatic heterocycles. The quantitative estimate of drug-likeness (QED) is 0.668. The van der Waals surface area contributed by atoms with Crippen LogP contribution in [0.15, 0.2) is 48.5 Å². The summed E-state index contributed by atoms with van der Waals surface area (Å²) in [6, 6.07) is 13.7. The molecule has 0 aromatic heterocycles. The molecule has 7 nitrogen and oxygen atoms in total. The number of carbonyl (C=O) groups is 3. The Labute approximate surface area is 164 Å². The third-order valence-corrected chi connectivity index (χ3v) is 3.94. The molecule has 148 valence electrons. The Bertz CT molecular complexity index is 830. The van der Waals surface area contributed by atoms with Crippen molar-refractivity contribution in [2.45, 2.75) is 33.8 Å². The number of benzene rings is 2. The first-order valence-corrected chi connectivity index (χ1v) is 9.00. The van der Waals surface area contributed by atoms with Crippen LogP contribution in [-0.4, -0.2) is 23.8 Å². The van der Waals surface area contributed by atoms with E-state index in [1.807, 2.05) is 19.1 Å². The lowest BCUT2D eigenvalue weighted by molar-refractivity contribution is -0.128. The van der Waals surface area contributed by atoms with E-state index in [2.05, 4.69) is 16.2 Å². The summed E-state index contributed by atoms with van der Waals surface area (Å²) in [7, 11) is 0. The number of anilines is 1. The molecule has 3 amide bonds. The van der Waals surface area contributed by atoms with E-state index in [0.29, 0.717) is 17.0 Å². The summed E-state index contributed by atoms with van der Waals surface area (Å²) in [6.45, 7) is 7.14. The van der Waals surface area contributed by atoms with Crippen LogP contribution in [0.4, 0.5) is 5.69 Å². The van der Waals surface area contributed by atoms with Gasteiger partial charge in [-0.1, -0.05) is 31.5 Å². The van der Waals surface area contributed by atoms with Crippen molar-refractivity contribution in [2.75, 3.05) is 5.32 Å². The van der Waals surface area contributed by atoms with Gasteiger partial charge in [0, 0.05) is 17.2 Å². The normalized spacial score (nSPS) is 11.5. The van der Waals surface area contributed by atoms with Crippen molar-refractivity contribution in [1.29, 1.82) is 0 Å². The largest absolute Gasteiger partial charge is 0.481 e. The zero-order valence-electron chi connectivity index (χ0n) is 16.4. The zero-order chi connectivity index (χ0) is 20.7. The Kier molecular flexibility index (Phi) is 7.14. The molecule has 0 heterocycles. The molecule has 0 bridgehead atoms. The van der Waals surface area contributed by atoms with Crippen molar-refractivity contribution >= 4 is 23.4 Å². The van der Waals surface area contributed by atoms with Gasteiger partial charge in [0.2, 0.25) is 5.91 Å². The van der Waals surface area contributed by atoms with Gasteiger partial charge in [-0.2, -0.15) is 0 Å². The van der Waals surface area contributed by atoms with E-state index in [1.165, 1.54) is 0 Å². The fourth-order valence-corrected chi connectivity index (χ4v) is 2.16. The van der Waals surface area contributed by atoms with Gasteiger partial charge in [0.05, 0.1) is 0 Å². The summed E-state index contributed by atoms with van der Waals surface area (Å²) in [4.78, 5) is 35.9. The average Bonchev–Trinajstić information content (AvgIpc) is 2.68. The number of hydrazine groups is 1. The highest BCUT2D eigenvalue weighted by Crippen LogP contribution is 2.13. The first kappa shape index (κ1) is 21.0. The Morgan fingerprint density at radius 1 is 0.821 bits per heavy atom. The third kappa shape index (κ3) is 6.12. The summed E-state index contributed by atoms with van der Waals surface area (Å²) >= 11 is 0. The molecule has 0 fully saturated rings. The molecule has 0 aliphatic carbocycles. The smallest absolute Gasteiger partial charge is 0.279 e. The molecule has 0 radical (unpaired) electrons. The van der Waals surface area contributed by atoms with Gasteiger partial charge in [0.15, 0.2) is 6.10 Å². The molecule has 28 heavy (non-hydrogen) atoms. The number of nitrogens with one attached hydrogen (secondary N) is 3. The van der Waals surface area contributed by atoms with Gasteiger partial charge in [-0.3, -0.25) is 25.2 Å². The Morgan fingerprint density at radius 2 is 1.43 bits per heavy atom. The Balaban J connectivity index is 1.84. The van der Waals surface area contributed by atoms with Crippen LogP contribution in [0.2, 0.25) is 0 Å². The summed E-state index contributed by atoms with van der Waals surface area (Å²) in [5.74, 6) is -0.625. The highest BCUT2D eigenvalue weighted by Gasteiger charge is 2.16. The van der Waals surface area contributed by atoms with E-state index < -0.39 is 17.9 Å². The predicted molar refractivity (Wildman–Crippen MR) is 107 cm³/mol. The predicted octanol–water partition coefficient (Wildman–Crippen LogP) is 2.82. The lowest BCUT2D eigenvalue weighted by atomic mass is 10.1. The monoisotopic (exact) mass is 383 g/mol. The van der Waals surface area contributed by atoms with Gasteiger partial charge >= 0.3 is 0 Å². The maximum atomic E-state index is 12.2. The van der Waals surface area contributed by atoms with Crippen molar-refractivity contribution in [3.8, 4) is 5.75 Å². The van der Waals surface area contributed by atoms with Gasteiger partial charge in [0.1, 0.15) is 5.75 Å². The van der Waals surface area contributed by atoms with Gasteiger partial charge in [-0.15, -0.1) is 0 Å². The van der Waals surface area contributed by atoms with E-state index in [4.69, 9.17) is 4.74 Å². The minimum Gasteiger partial charge on any atom is -0.481 e. The average molecular weight is 383 g/mol. The van der Waals surface area contributed by atoms with Crippen LogP contribution in [0.25, 0.3) is 0 Å². The van der Waals surface area contributed by atoms with Gasteiger partial charge in [0.25, 0.3) is 11.8 Å². The highest BCUT2D eigenvalue weighted by atomic mass is 16.5. The minimum atomic E-state index is -0.781. The molecule has 1 unspecified atom stereocenters. The lowest BCUT2D eigenvalue weighted by Crippen LogP contribution is -2.47. The van der Waals surface area contributed by atoms with Crippen LogP contribution in [0.1, 0.15) is 36.7 Å². The van der Waals surface area contributed by atoms with Crippen LogP contribution in [0.5, 0.6) is 5.75 Å². The number of rotatable bonds is 6. The van der Waals surface area contributed by atoms with E-state index in [9.17, 15) is 14.4 Å². The molecule has 2 aromatic carbocycles. The summed E-state index contributed by atoms with van der Waals surface area (Å²) in [6.07, 6.45) is -0.781. The van der Waals surface area contributed by atoms with E-state index in [0.717, 1.165) is 5.56 Å². The SMILES string of the molecule is Cc1ccc(OC(C)C(=O)NNC(=O)c2ccc(NC(=O)C(C)C)cc2)cc1. The van der Waals surface area contributed by atoms with Crippen molar-refractivity contribution in [1.82, 2.24) is 10.9 Å². The first-order valence-electron chi connectivity index (χ1n) is 9.00. The highest BCUT2D eigenvalue weighted by molar-refractivity contribution is 5.97. The van der Waals surface area contributed by atoms with Crippen LogP contribution < -0.4 is 20.9 Å². The van der Waals surface area contributed by atoms with Gasteiger partial charge in [-0.25, -0.2) is 0 Å². The first-order chi connectivity index (χ1) is 13.3. The maximum absolute atomic E-state index is 12.2. The Hall–Kier alpha value is -3.35. The number of amides is 3. The lowest BCUT2D eigenvalue weighted by Gasteiger charge is -2.15. The molecule has 0 spiro atoms. The number of hydrogen-bond donors (Lipinski definition) is 3. The van der Waals surface area contributed by atoms with Crippen molar-refractivity contribution in [2.24, 2.45) is 5.92 Å². The topological polar surface area (TPSA) is 96.5 Å². The summed E-state index contributed by atoms with van der Waals surface area (Å²) in [5, 5.41) is 2.74. The fourth-order valence-electron chi connectivity index (χ4n) is 2.16. The number of carbonyl (C=O) groups excluding carboxylic acids is 3. The second kappa shape index (κ2) is 9.55. The Morgan fingerprint density at radius 3 is 2.00 bits per heavy atom. The van der Waals surface area contributed by atoms with Crippen LogP contribution in [0.3, 0.4) is 0 Å². The van der Waals surface area contributed by atoms with Crippen LogP contribution in [0, 0.1) is 12.8 Å². The summed E-state index contributed by atoms with van der Waals surface area (Å²) < 4.78 is 5.54. The second-order valence-corrected chi connectivity index (χ2v) is 6.74. The van der Waals surface area contributed by atoms with E-state index in [1.54, 1.807) is 57.2 Å². The molecule has 7 heteroatoms. The molecule has 2 rings (SSSR count). The number of aryl methyl sites for hydroxylation is 1. The number of hydrogen-bond acceptors (Lipinski definition) is 4. The standard InChI is InChI=1S/C21H25N3O4/c1-13(2)19(25)22-17-9-7-16(8-10-17)21(27)24-23-20(26)15(4)28-18-11-5-14(3)6-12-18/h5-13,15H,1-4H3,(H,22,25)(H,23,26)(H,24,27). The second-order valence-electron chi connectivity index (χ2n) is 6.74. The third-order valence-electron chi connectivity index (χ3n) is 3.94. The minimum absolute atomic E-state index is 0.105. The molecule has 0 saturated heterocycles. The van der Waals surface area contributed by atoms with Crippen molar-refractivity contribution in [3.63, 3.8) is 0 Å². The molecule has 3 N–H and O–H groups in total. The maximum Gasteiger partial charge on any atom is 0.279 e. The summed E-state index contributed by atoms with van der Waals surface area (Å²) in [5.41, 5.74) is 6.72. The van der Waals surface area contributed by atoms with Gasteiger partial charge < -0.3 is 10.1 Å². The van der Waals surface area contributed by atoms with Crippen LogP contribution >= 0.6 is 0 Å². The molecule has 0 saturated carbocycles. The fraction of sp³-hybridized carbons (Fsp3) is 0.286. The zero-order valence-corrected chi connectivity index (χ0v) is 16.4. The van der Waals surface area contributed by atoms with Gasteiger partial charge in [-0.05, 0) is 50.2 Å².